The van der Waals surface area contributed by atoms with Gasteiger partial charge in [-0.1, -0.05) is 34.7 Å². The molecule has 0 unspecified atom stereocenters. The lowest BCUT2D eigenvalue weighted by Crippen LogP contribution is -2.59. The van der Waals surface area contributed by atoms with Crippen LogP contribution in [0.25, 0.3) is 0 Å². The molecule has 0 radical (unpaired) electrons. The second kappa shape index (κ2) is 8.73. The summed E-state index contributed by atoms with van der Waals surface area (Å²) >= 11 is 0. The first-order valence-electron chi connectivity index (χ1n) is 5.76. The third kappa shape index (κ3) is 4.44. The van der Waals surface area contributed by atoms with Crippen molar-refractivity contribution in [3.8, 4) is 0 Å². The second-order valence-corrected chi connectivity index (χ2v) is 6.59. The van der Waals surface area contributed by atoms with E-state index in [0.29, 0.717) is 10.8 Å². The molecule has 0 saturated heterocycles. The van der Waals surface area contributed by atoms with Crippen molar-refractivity contribution in [1.82, 2.24) is 0 Å². The van der Waals surface area contributed by atoms with E-state index >= 15 is 0 Å². The summed E-state index contributed by atoms with van der Waals surface area (Å²) in [5.74, 6) is -4.82. The van der Waals surface area contributed by atoms with Crippen LogP contribution < -0.4 is 11.5 Å². The van der Waals surface area contributed by atoms with Gasteiger partial charge in [-0.3, -0.25) is 19.2 Å². The fraction of sp³-hybridized carbons (Fsp3) is 0.333. The number of carboxylic acids is 2. The maximum atomic E-state index is 12.1. The molecule has 6 N–H and O–H groups in total. The quantitative estimate of drug-likeness (QED) is 0.216. The Balaban J connectivity index is 5.55. The summed E-state index contributed by atoms with van der Waals surface area (Å²) in [6, 6.07) is -3.10. The summed E-state index contributed by atoms with van der Waals surface area (Å²) in [6.07, 6.45) is 1.57. The largest absolute Gasteiger partial charge is 0.480 e. The standard InChI is InChI=1S/C12H16N2O6S2/c1-3-7(15)12(8(16)4-2,9(14)11(19)20)22-21-5-6(13)10(17)18/h3-4,6,9H,1-2,5,13-14H2,(H,17,18)(H,19,20)/t6-,9+/m0/s1. The van der Waals surface area contributed by atoms with Gasteiger partial charge < -0.3 is 21.7 Å². The van der Waals surface area contributed by atoms with E-state index in [9.17, 15) is 19.2 Å². The Morgan fingerprint density at radius 3 is 1.82 bits per heavy atom. The molecule has 2 atom stereocenters. The topological polar surface area (TPSA) is 161 Å². The number of hydrogen-bond donors (Lipinski definition) is 4. The lowest BCUT2D eigenvalue weighted by Gasteiger charge is -2.30. The zero-order valence-electron chi connectivity index (χ0n) is 11.4. The molecule has 122 valence electrons. The van der Waals surface area contributed by atoms with Crippen LogP contribution in [0.2, 0.25) is 0 Å². The normalized spacial score (nSPS) is 13.7. The first kappa shape index (κ1) is 20.4. The van der Waals surface area contributed by atoms with Crippen LogP contribution in [0, 0.1) is 0 Å². The highest BCUT2D eigenvalue weighted by Gasteiger charge is 2.52. The van der Waals surface area contributed by atoms with Crippen molar-refractivity contribution in [2.75, 3.05) is 5.75 Å². The van der Waals surface area contributed by atoms with Crippen molar-refractivity contribution in [2.45, 2.75) is 16.8 Å². The van der Waals surface area contributed by atoms with Crippen molar-refractivity contribution < 1.29 is 29.4 Å². The average Bonchev–Trinajstić information content (AvgIpc) is 2.48. The lowest BCUT2D eigenvalue weighted by molar-refractivity contribution is -0.143. The molecule has 0 bridgehead atoms. The van der Waals surface area contributed by atoms with Crippen molar-refractivity contribution in [3.05, 3.63) is 25.3 Å². The number of rotatable bonds is 11. The van der Waals surface area contributed by atoms with Gasteiger partial charge in [-0.2, -0.15) is 0 Å². The summed E-state index contributed by atoms with van der Waals surface area (Å²) in [6.45, 7) is 6.46. The molecule has 0 aromatic rings. The Labute approximate surface area is 134 Å². The van der Waals surface area contributed by atoms with Crippen LogP contribution in [-0.2, 0) is 19.2 Å². The third-order valence-electron chi connectivity index (χ3n) is 2.56. The van der Waals surface area contributed by atoms with Crippen LogP contribution in [0.5, 0.6) is 0 Å². The number of ketones is 2. The number of allylic oxidation sites excluding steroid dienone is 2. The van der Waals surface area contributed by atoms with Crippen LogP contribution >= 0.6 is 21.6 Å². The van der Waals surface area contributed by atoms with Gasteiger partial charge in [-0.15, -0.1) is 0 Å². The summed E-state index contributed by atoms with van der Waals surface area (Å²) in [4.78, 5) is 46.0. The molecule has 0 aromatic heterocycles. The predicted octanol–water partition coefficient (Wildman–Crippen LogP) is -0.559. The van der Waals surface area contributed by atoms with Gasteiger partial charge in [0, 0.05) is 5.75 Å². The van der Waals surface area contributed by atoms with Crippen molar-refractivity contribution >= 4 is 45.1 Å². The second-order valence-electron chi connectivity index (χ2n) is 4.00. The molecule has 0 saturated carbocycles. The van der Waals surface area contributed by atoms with Crippen molar-refractivity contribution in [1.29, 1.82) is 0 Å². The molecule has 0 fully saturated rings. The fourth-order valence-electron chi connectivity index (χ4n) is 1.31. The molecular weight excluding hydrogens is 332 g/mol. The van der Waals surface area contributed by atoms with Crippen molar-refractivity contribution in [2.24, 2.45) is 11.5 Å². The number of nitrogens with two attached hydrogens (primary N) is 2. The maximum absolute atomic E-state index is 12.1. The van der Waals surface area contributed by atoms with Gasteiger partial charge in [0.15, 0.2) is 16.3 Å². The first-order chi connectivity index (χ1) is 10.1. The maximum Gasteiger partial charge on any atom is 0.322 e. The molecular formula is C12H16N2O6S2. The van der Waals surface area contributed by atoms with E-state index < -0.39 is 40.3 Å². The zero-order valence-corrected chi connectivity index (χ0v) is 13.1. The van der Waals surface area contributed by atoms with E-state index in [1.807, 2.05) is 0 Å². The fourth-order valence-corrected chi connectivity index (χ4v) is 4.39. The summed E-state index contributed by atoms with van der Waals surface area (Å²) in [5.41, 5.74) is 10.8. The predicted molar refractivity (Wildman–Crippen MR) is 84.4 cm³/mol. The van der Waals surface area contributed by atoms with Crippen LogP contribution in [0.1, 0.15) is 0 Å². The minimum atomic E-state index is -2.18. The number of carbonyl (C=O) groups excluding carboxylic acids is 2. The molecule has 0 rings (SSSR count). The molecule has 0 amide bonds. The highest BCUT2D eigenvalue weighted by Crippen LogP contribution is 2.40. The monoisotopic (exact) mass is 348 g/mol. The van der Waals surface area contributed by atoms with Crippen LogP contribution in [0.15, 0.2) is 25.3 Å². The Hall–Kier alpha value is -1.62. The third-order valence-corrected chi connectivity index (χ3v) is 5.64. The Kier molecular flexibility index (Phi) is 8.09. The lowest BCUT2D eigenvalue weighted by atomic mass is 9.89. The summed E-state index contributed by atoms with van der Waals surface area (Å²) in [5, 5.41) is 17.8. The van der Waals surface area contributed by atoms with Crippen molar-refractivity contribution in [3.63, 3.8) is 0 Å². The van der Waals surface area contributed by atoms with Gasteiger partial charge in [-0.05, 0) is 12.2 Å². The molecule has 0 aromatic carbocycles. The minimum absolute atomic E-state index is 0.164. The van der Waals surface area contributed by atoms with Crippen LogP contribution in [-0.4, -0.2) is 56.3 Å². The van der Waals surface area contributed by atoms with Gasteiger partial charge in [0.2, 0.25) is 0 Å². The van der Waals surface area contributed by atoms with Gasteiger partial charge in [0.1, 0.15) is 12.1 Å². The van der Waals surface area contributed by atoms with Crippen LogP contribution in [0.3, 0.4) is 0 Å². The highest BCUT2D eigenvalue weighted by atomic mass is 33.1. The number of aliphatic carboxylic acids is 2. The number of carboxylic acid groups (broad SMARTS) is 2. The molecule has 0 spiro atoms. The van der Waals surface area contributed by atoms with Gasteiger partial charge in [0.25, 0.3) is 0 Å². The number of carbonyl (C=O) groups is 4. The molecule has 0 heterocycles. The zero-order chi connectivity index (χ0) is 17.5. The molecule has 10 heteroatoms. The summed E-state index contributed by atoms with van der Waals surface area (Å²) in [7, 11) is 1.30. The molecule has 0 aliphatic rings. The van der Waals surface area contributed by atoms with E-state index in [0.717, 1.165) is 22.9 Å². The molecule has 0 aliphatic carbocycles. The highest BCUT2D eigenvalue weighted by molar-refractivity contribution is 8.77. The Bertz CT molecular complexity index is 488. The van der Waals surface area contributed by atoms with E-state index in [-0.39, 0.29) is 5.75 Å². The minimum Gasteiger partial charge on any atom is -0.480 e. The number of hydrogen-bond acceptors (Lipinski definition) is 8. The van der Waals surface area contributed by atoms with E-state index in [4.69, 9.17) is 21.7 Å². The summed E-state index contributed by atoms with van der Waals surface area (Å²) < 4.78 is -2.18. The molecule has 0 aliphatic heterocycles. The average molecular weight is 348 g/mol. The Morgan fingerprint density at radius 2 is 1.50 bits per heavy atom. The first-order valence-corrected chi connectivity index (χ1v) is 8.08. The van der Waals surface area contributed by atoms with Crippen LogP contribution in [0.4, 0.5) is 0 Å². The van der Waals surface area contributed by atoms with Gasteiger partial charge in [0.05, 0.1) is 0 Å². The van der Waals surface area contributed by atoms with E-state index in [1.54, 1.807) is 0 Å². The molecule has 8 nitrogen and oxygen atoms in total. The van der Waals surface area contributed by atoms with E-state index in [1.165, 1.54) is 0 Å². The van der Waals surface area contributed by atoms with Gasteiger partial charge >= 0.3 is 11.9 Å². The smallest absolute Gasteiger partial charge is 0.322 e. The molecule has 22 heavy (non-hydrogen) atoms. The Morgan fingerprint density at radius 1 is 1.05 bits per heavy atom. The SMILES string of the molecule is C=CC(=O)C(SSC[C@H](N)C(=O)O)(C(=O)C=C)[C@H](N)C(=O)O. The van der Waals surface area contributed by atoms with E-state index in [2.05, 4.69) is 13.2 Å². The van der Waals surface area contributed by atoms with Gasteiger partial charge in [-0.25, -0.2) is 0 Å².